The van der Waals surface area contributed by atoms with Crippen molar-refractivity contribution >= 4 is 0 Å². The van der Waals surface area contributed by atoms with Gasteiger partial charge in [0, 0.05) is 12.1 Å². The van der Waals surface area contributed by atoms with Crippen LogP contribution < -0.4 is 5.32 Å². The molecule has 2 unspecified atom stereocenters. The van der Waals surface area contributed by atoms with Crippen molar-refractivity contribution in [3.05, 3.63) is 35.9 Å². The maximum Gasteiger partial charge on any atom is 0.0262 e. The van der Waals surface area contributed by atoms with Crippen molar-refractivity contribution in [2.24, 2.45) is 0 Å². The summed E-state index contributed by atoms with van der Waals surface area (Å²) < 4.78 is 0. The number of rotatable bonds is 2. The van der Waals surface area contributed by atoms with E-state index in [2.05, 4.69) is 42.6 Å². The summed E-state index contributed by atoms with van der Waals surface area (Å²) in [7, 11) is 0. The monoisotopic (exact) mass is 147 g/mol. The minimum absolute atomic E-state index is 0.732. The Labute approximate surface area is 67.4 Å². The van der Waals surface area contributed by atoms with Gasteiger partial charge in [-0.15, -0.1) is 0 Å². The van der Waals surface area contributed by atoms with E-state index < -0.39 is 0 Å². The number of benzene rings is 1. The minimum atomic E-state index is 0.732. The topological polar surface area (TPSA) is 21.9 Å². The molecule has 1 fully saturated rings. The SMILES string of the molecule is CC1NC1Cc1ccccc1. The summed E-state index contributed by atoms with van der Waals surface area (Å²) in [5, 5.41) is 3.38. The molecule has 1 aliphatic rings. The first-order chi connectivity index (χ1) is 5.36. The summed E-state index contributed by atoms with van der Waals surface area (Å²) in [6, 6.07) is 12.1. The Hall–Kier alpha value is -0.820. The van der Waals surface area contributed by atoms with E-state index in [1.807, 2.05) is 0 Å². The highest BCUT2D eigenvalue weighted by atomic mass is 15.1. The van der Waals surface area contributed by atoms with Crippen molar-refractivity contribution < 1.29 is 0 Å². The van der Waals surface area contributed by atoms with E-state index in [9.17, 15) is 0 Å². The standard InChI is InChI=1S/C10H13N/c1-8-10(11-8)7-9-5-3-2-4-6-9/h2-6,8,10-11H,7H2,1H3. The third-order valence-electron chi connectivity index (χ3n) is 2.27. The van der Waals surface area contributed by atoms with Crippen LogP contribution in [0.15, 0.2) is 30.3 Å². The smallest absolute Gasteiger partial charge is 0.0262 e. The lowest BCUT2D eigenvalue weighted by molar-refractivity contribution is 0.905. The molecule has 0 aliphatic carbocycles. The molecule has 1 aromatic carbocycles. The van der Waals surface area contributed by atoms with Crippen LogP contribution in [0, 0.1) is 0 Å². The lowest BCUT2D eigenvalue weighted by atomic mass is 10.1. The first kappa shape index (κ1) is 6.86. The van der Waals surface area contributed by atoms with Gasteiger partial charge in [0.15, 0.2) is 0 Å². The van der Waals surface area contributed by atoms with Gasteiger partial charge in [-0.2, -0.15) is 0 Å². The van der Waals surface area contributed by atoms with Crippen molar-refractivity contribution in [1.82, 2.24) is 5.32 Å². The molecular weight excluding hydrogens is 134 g/mol. The first-order valence-corrected chi connectivity index (χ1v) is 4.16. The highest BCUT2D eigenvalue weighted by Gasteiger charge is 2.30. The van der Waals surface area contributed by atoms with Crippen molar-refractivity contribution in [2.45, 2.75) is 25.4 Å². The lowest BCUT2D eigenvalue weighted by Gasteiger charge is -1.95. The van der Waals surface area contributed by atoms with E-state index in [0.29, 0.717) is 0 Å². The maximum atomic E-state index is 3.38. The fourth-order valence-corrected chi connectivity index (χ4v) is 1.39. The summed E-state index contributed by atoms with van der Waals surface area (Å²) in [6.07, 6.45) is 1.18. The van der Waals surface area contributed by atoms with Crippen LogP contribution in [0.1, 0.15) is 12.5 Å². The molecule has 0 bridgehead atoms. The van der Waals surface area contributed by atoms with Crippen molar-refractivity contribution in [3.63, 3.8) is 0 Å². The lowest BCUT2D eigenvalue weighted by Crippen LogP contribution is -1.96. The van der Waals surface area contributed by atoms with Gasteiger partial charge in [0.2, 0.25) is 0 Å². The van der Waals surface area contributed by atoms with E-state index in [1.165, 1.54) is 12.0 Å². The molecule has 1 heteroatoms. The minimum Gasteiger partial charge on any atom is -0.308 e. The van der Waals surface area contributed by atoms with Gasteiger partial charge in [0.25, 0.3) is 0 Å². The van der Waals surface area contributed by atoms with E-state index >= 15 is 0 Å². The zero-order valence-corrected chi connectivity index (χ0v) is 6.75. The zero-order chi connectivity index (χ0) is 7.68. The molecule has 2 atom stereocenters. The first-order valence-electron chi connectivity index (χ1n) is 4.16. The molecule has 58 valence electrons. The van der Waals surface area contributed by atoms with Crippen LogP contribution in [0.5, 0.6) is 0 Å². The average molecular weight is 147 g/mol. The normalized spacial score (nSPS) is 28.5. The van der Waals surface area contributed by atoms with Crippen LogP contribution in [-0.4, -0.2) is 12.1 Å². The third-order valence-corrected chi connectivity index (χ3v) is 2.27. The number of hydrogen-bond donors (Lipinski definition) is 1. The molecular formula is C10H13N. The quantitative estimate of drug-likeness (QED) is 0.630. The Balaban J connectivity index is 1.97. The Morgan fingerprint density at radius 2 is 1.91 bits per heavy atom. The second-order valence-electron chi connectivity index (χ2n) is 3.25. The summed E-state index contributed by atoms with van der Waals surface area (Å²) in [5.41, 5.74) is 1.44. The van der Waals surface area contributed by atoms with Crippen molar-refractivity contribution in [3.8, 4) is 0 Å². The molecule has 1 saturated heterocycles. The van der Waals surface area contributed by atoms with Gasteiger partial charge < -0.3 is 5.32 Å². The van der Waals surface area contributed by atoms with Gasteiger partial charge in [-0.3, -0.25) is 0 Å². The van der Waals surface area contributed by atoms with Crippen molar-refractivity contribution in [1.29, 1.82) is 0 Å². The van der Waals surface area contributed by atoms with E-state index in [4.69, 9.17) is 0 Å². The Morgan fingerprint density at radius 3 is 2.45 bits per heavy atom. The van der Waals surface area contributed by atoms with Crippen LogP contribution in [0.4, 0.5) is 0 Å². The Morgan fingerprint density at radius 1 is 1.27 bits per heavy atom. The molecule has 0 radical (unpaired) electrons. The second-order valence-corrected chi connectivity index (χ2v) is 3.25. The number of nitrogens with one attached hydrogen (secondary N) is 1. The largest absolute Gasteiger partial charge is 0.308 e. The van der Waals surface area contributed by atoms with Gasteiger partial charge >= 0.3 is 0 Å². The summed E-state index contributed by atoms with van der Waals surface area (Å²) in [6.45, 7) is 2.23. The molecule has 1 nitrogen and oxygen atoms in total. The van der Waals surface area contributed by atoms with E-state index in [0.717, 1.165) is 12.1 Å². The average Bonchev–Trinajstić information content (AvgIpc) is 2.69. The highest BCUT2D eigenvalue weighted by molar-refractivity contribution is 5.18. The van der Waals surface area contributed by atoms with Crippen molar-refractivity contribution in [2.75, 3.05) is 0 Å². The fourth-order valence-electron chi connectivity index (χ4n) is 1.39. The van der Waals surface area contributed by atoms with Crippen LogP contribution in [0.3, 0.4) is 0 Å². The molecule has 0 aromatic heterocycles. The van der Waals surface area contributed by atoms with Gasteiger partial charge in [-0.1, -0.05) is 30.3 Å². The predicted octanol–water partition coefficient (Wildman–Crippen LogP) is 1.59. The molecule has 0 spiro atoms. The number of hydrogen-bond acceptors (Lipinski definition) is 1. The fraction of sp³-hybridized carbons (Fsp3) is 0.400. The molecule has 0 saturated carbocycles. The highest BCUT2D eigenvalue weighted by Crippen LogP contribution is 2.15. The molecule has 1 heterocycles. The Bertz CT molecular complexity index is 230. The molecule has 11 heavy (non-hydrogen) atoms. The van der Waals surface area contributed by atoms with Gasteiger partial charge in [0.1, 0.15) is 0 Å². The molecule has 0 amide bonds. The zero-order valence-electron chi connectivity index (χ0n) is 6.75. The maximum absolute atomic E-state index is 3.38. The van der Waals surface area contributed by atoms with E-state index in [-0.39, 0.29) is 0 Å². The van der Waals surface area contributed by atoms with Crippen LogP contribution in [0.2, 0.25) is 0 Å². The molecule has 2 rings (SSSR count). The summed E-state index contributed by atoms with van der Waals surface area (Å²) in [4.78, 5) is 0. The van der Waals surface area contributed by atoms with Crippen LogP contribution in [0.25, 0.3) is 0 Å². The van der Waals surface area contributed by atoms with Gasteiger partial charge in [0.05, 0.1) is 0 Å². The van der Waals surface area contributed by atoms with E-state index in [1.54, 1.807) is 0 Å². The van der Waals surface area contributed by atoms with Crippen LogP contribution >= 0.6 is 0 Å². The second kappa shape index (κ2) is 2.67. The van der Waals surface area contributed by atoms with Gasteiger partial charge in [-0.05, 0) is 18.9 Å². The molecule has 1 N–H and O–H groups in total. The van der Waals surface area contributed by atoms with Crippen LogP contribution in [-0.2, 0) is 6.42 Å². The summed E-state index contributed by atoms with van der Waals surface area (Å²) >= 11 is 0. The van der Waals surface area contributed by atoms with Gasteiger partial charge in [-0.25, -0.2) is 0 Å². The Kier molecular flexibility index (Phi) is 1.66. The molecule has 1 aliphatic heterocycles. The predicted molar refractivity (Wildman–Crippen MR) is 46.5 cm³/mol. The third kappa shape index (κ3) is 1.60. The summed E-state index contributed by atoms with van der Waals surface area (Å²) in [5.74, 6) is 0. The molecule has 1 aromatic rings.